The number of para-hydroxylation sites is 1. The summed E-state index contributed by atoms with van der Waals surface area (Å²) in [4.78, 5) is 38.8. The third kappa shape index (κ3) is 4.37. The summed E-state index contributed by atoms with van der Waals surface area (Å²) in [5.41, 5.74) is 3.73. The van der Waals surface area contributed by atoms with Gasteiger partial charge in [0.05, 0.1) is 19.1 Å². The Morgan fingerprint density at radius 1 is 1.04 bits per heavy atom. The third-order valence-electron chi connectivity index (χ3n) is 4.35. The van der Waals surface area contributed by atoms with Gasteiger partial charge in [-0.3, -0.25) is 14.4 Å². The lowest BCUT2D eigenvalue weighted by Crippen LogP contribution is -2.31. The molecular formula is C21H21N3O4. The predicted octanol–water partition coefficient (Wildman–Crippen LogP) is 2.56. The number of carbonyl (C=O) groups is 3. The van der Waals surface area contributed by atoms with Crippen molar-refractivity contribution in [2.45, 2.75) is 13.3 Å². The molecule has 0 aliphatic rings. The first-order valence-electron chi connectivity index (χ1n) is 8.79. The number of benzene rings is 2. The summed E-state index contributed by atoms with van der Waals surface area (Å²) in [6, 6.07) is 14.6. The first-order chi connectivity index (χ1) is 13.5. The Labute approximate surface area is 162 Å². The van der Waals surface area contributed by atoms with Crippen molar-refractivity contribution < 1.29 is 19.1 Å². The zero-order valence-electron chi connectivity index (χ0n) is 15.7. The number of aromatic nitrogens is 1. The second-order valence-corrected chi connectivity index (χ2v) is 6.35. The molecule has 0 atom stereocenters. The van der Waals surface area contributed by atoms with Crippen LogP contribution in [-0.4, -0.2) is 36.4 Å². The van der Waals surface area contributed by atoms with Gasteiger partial charge < -0.3 is 20.4 Å². The van der Waals surface area contributed by atoms with Gasteiger partial charge in [0, 0.05) is 22.3 Å². The summed E-state index contributed by atoms with van der Waals surface area (Å²) < 4.78 is 4.47. The van der Waals surface area contributed by atoms with Crippen molar-refractivity contribution in [2.24, 2.45) is 0 Å². The molecule has 3 aromatic rings. The minimum atomic E-state index is -0.501. The molecule has 1 heterocycles. The van der Waals surface area contributed by atoms with Crippen molar-refractivity contribution in [1.29, 1.82) is 0 Å². The fourth-order valence-corrected chi connectivity index (χ4v) is 2.96. The van der Waals surface area contributed by atoms with Crippen LogP contribution in [0.2, 0.25) is 0 Å². The number of amides is 2. The maximum Gasteiger partial charge on any atom is 0.325 e. The smallest absolute Gasteiger partial charge is 0.325 e. The fourth-order valence-electron chi connectivity index (χ4n) is 2.96. The van der Waals surface area contributed by atoms with E-state index in [1.165, 1.54) is 7.11 Å². The van der Waals surface area contributed by atoms with Gasteiger partial charge in [0.15, 0.2) is 0 Å². The molecule has 0 saturated carbocycles. The van der Waals surface area contributed by atoms with E-state index >= 15 is 0 Å². The summed E-state index contributed by atoms with van der Waals surface area (Å²) in [6.07, 6.45) is 0.132. The van der Waals surface area contributed by atoms with Gasteiger partial charge in [-0.2, -0.15) is 0 Å². The lowest BCUT2D eigenvalue weighted by molar-refractivity contribution is -0.141. The highest BCUT2D eigenvalue weighted by Crippen LogP contribution is 2.23. The lowest BCUT2D eigenvalue weighted by Gasteiger charge is -2.08. The van der Waals surface area contributed by atoms with Gasteiger partial charge in [-0.15, -0.1) is 0 Å². The number of aryl methyl sites for hydroxylation is 1. The minimum absolute atomic E-state index is 0.132. The predicted molar refractivity (Wildman–Crippen MR) is 106 cm³/mol. The number of ether oxygens (including phenoxy) is 1. The standard InChI is InChI=1S/C21H21N3O4/c1-13-20(16-5-3-4-6-17(16)23-13)21(27)24-15-9-7-14(8-10-15)11-18(25)22-12-19(26)28-2/h3-10,23H,11-12H2,1-2H3,(H,22,25)(H,24,27). The maximum absolute atomic E-state index is 12.7. The number of anilines is 1. The van der Waals surface area contributed by atoms with Crippen molar-refractivity contribution >= 4 is 34.4 Å². The van der Waals surface area contributed by atoms with Crippen molar-refractivity contribution in [2.75, 3.05) is 19.0 Å². The third-order valence-corrected chi connectivity index (χ3v) is 4.35. The molecule has 144 valence electrons. The Morgan fingerprint density at radius 3 is 2.46 bits per heavy atom. The van der Waals surface area contributed by atoms with E-state index in [9.17, 15) is 14.4 Å². The van der Waals surface area contributed by atoms with Crippen LogP contribution in [0.1, 0.15) is 21.6 Å². The highest BCUT2D eigenvalue weighted by atomic mass is 16.5. The van der Waals surface area contributed by atoms with Crippen molar-refractivity contribution in [3.8, 4) is 0 Å². The number of rotatable bonds is 6. The first kappa shape index (κ1) is 19.2. The average Bonchev–Trinajstić information content (AvgIpc) is 3.03. The maximum atomic E-state index is 12.7. The molecule has 0 radical (unpaired) electrons. The fraction of sp³-hybridized carbons (Fsp3) is 0.190. The molecule has 2 aromatic carbocycles. The molecule has 3 N–H and O–H groups in total. The van der Waals surface area contributed by atoms with Crippen LogP contribution in [0.25, 0.3) is 10.9 Å². The monoisotopic (exact) mass is 379 g/mol. The van der Waals surface area contributed by atoms with Crippen molar-refractivity contribution in [1.82, 2.24) is 10.3 Å². The Balaban J connectivity index is 1.64. The summed E-state index contributed by atoms with van der Waals surface area (Å²) in [6.45, 7) is 1.71. The molecule has 0 aliphatic carbocycles. The normalized spacial score (nSPS) is 10.5. The number of aromatic amines is 1. The molecule has 0 bridgehead atoms. The molecule has 0 fully saturated rings. The van der Waals surface area contributed by atoms with Crippen LogP contribution in [0, 0.1) is 6.92 Å². The topological polar surface area (TPSA) is 100 Å². The second-order valence-electron chi connectivity index (χ2n) is 6.35. The van der Waals surface area contributed by atoms with E-state index in [-0.39, 0.29) is 24.8 Å². The zero-order valence-corrected chi connectivity index (χ0v) is 15.7. The van der Waals surface area contributed by atoms with Gasteiger partial charge in [-0.05, 0) is 30.7 Å². The van der Waals surface area contributed by atoms with Crippen LogP contribution in [0.3, 0.4) is 0 Å². The molecule has 3 rings (SSSR count). The van der Waals surface area contributed by atoms with E-state index in [4.69, 9.17) is 0 Å². The Morgan fingerprint density at radius 2 is 1.75 bits per heavy atom. The lowest BCUT2D eigenvalue weighted by atomic mass is 10.1. The molecule has 0 spiro atoms. The summed E-state index contributed by atoms with van der Waals surface area (Å²) in [5, 5.41) is 6.24. The first-order valence-corrected chi connectivity index (χ1v) is 8.79. The molecule has 28 heavy (non-hydrogen) atoms. The van der Waals surface area contributed by atoms with Gasteiger partial charge in [0.2, 0.25) is 5.91 Å². The number of nitrogens with one attached hydrogen (secondary N) is 3. The number of hydrogen-bond acceptors (Lipinski definition) is 4. The van der Waals surface area contributed by atoms with Crippen LogP contribution >= 0.6 is 0 Å². The summed E-state index contributed by atoms with van der Waals surface area (Å²) in [5.74, 6) is -0.978. The van der Waals surface area contributed by atoms with Gasteiger partial charge >= 0.3 is 5.97 Å². The number of carbonyl (C=O) groups excluding carboxylic acids is 3. The van der Waals surface area contributed by atoms with Crippen LogP contribution < -0.4 is 10.6 Å². The molecule has 0 saturated heterocycles. The van der Waals surface area contributed by atoms with Crippen LogP contribution in [0.15, 0.2) is 48.5 Å². The van der Waals surface area contributed by atoms with E-state index in [1.807, 2.05) is 31.2 Å². The van der Waals surface area contributed by atoms with E-state index in [0.29, 0.717) is 11.3 Å². The zero-order chi connectivity index (χ0) is 20.1. The molecule has 7 heteroatoms. The van der Waals surface area contributed by atoms with Crippen LogP contribution in [0.5, 0.6) is 0 Å². The van der Waals surface area contributed by atoms with E-state index < -0.39 is 5.97 Å². The molecule has 0 unspecified atom stereocenters. The Kier molecular flexibility index (Phi) is 5.74. The highest BCUT2D eigenvalue weighted by Gasteiger charge is 2.16. The number of H-pyrrole nitrogens is 1. The van der Waals surface area contributed by atoms with Gasteiger partial charge in [0.1, 0.15) is 6.54 Å². The van der Waals surface area contributed by atoms with E-state index in [0.717, 1.165) is 22.2 Å². The van der Waals surface area contributed by atoms with Gasteiger partial charge in [0.25, 0.3) is 5.91 Å². The molecule has 1 aromatic heterocycles. The summed E-state index contributed by atoms with van der Waals surface area (Å²) >= 11 is 0. The summed E-state index contributed by atoms with van der Waals surface area (Å²) in [7, 11) is 1.26. The largest absolute Gasteiger partial charge is 0.468 e. The quantitative estimate of drug-likeness (QED) is 0.573. The number of esters is 1. The second kappa shape index (κ2) is 8.39. The van der Waals surface area contributed by atoms with Gasteiger partial charge in [-0.1, -0.05) is 30.3 Å². The molecule has 2 amide bonds. The van der Waals surface area contributed by atoms with Gasteiger partial charge in [-0.25, -0.2) is 0 Å². The van der Waals surface area contributed by atoms with E-state index in [1.54, 1.807) is 24.3 Å². The Hall–Kier alpha value is -3.61. The van der Waals surface area contributed by atoms with E-state index in [2.05, 4.69) is 20.4 Å². The number of methoxy groups -OCH3 is 1. The Bertz CT molecular complexity index is 1020. The highest BCUT2D eigenvalue weighted by molar-refractivity contribution is 6.13. The molecule has 0 aliphatic heterocycles. The average molecular weight is 379 g/mol. The molecular weight excluding hydrogens is 358 g/mol. The van der Waals surface area contributed by atoms with Crippen molar-refractivity contribution in [3.05, 3.63) is 65.4 Å². The molecule has 7 nitrogen and oxygen atoms in total. The van der Waals surface area contributed by atoms with Crippen molar-refractivity contribution in [3.63, 3.8) is 0 Å². The number of hydrogen-bond donors (Lipinski definition) is 3. The number of fused-ring (bicyclic) bond motifs is 1. The minimum Gasteiger partial charge on any atom is -0.468 e. The SMILES string of the molecule is COC(=O)CNC(=O)Cc1ccc(NC(=O)c2c(C)[nH]c3ccccc23)cc1. The van der Waals surface area contributed by atoms with Crippen LogP contribution in [0.4, 0.5) is 5.69 Å². The van der Waals surface area contributed by atoms with Crippen LogP contribution in [-0.2, 0) is 20.7 Å².